The van der Waals surface area contributed by atoms with Gasteiger partial charge in [0.25, 0.3) is 5.56 Å². The van der Waals surface area contributed by atoms with E-state index in [0.29, 0.717) is 40.1 Å². The molecule has 4 aromatic rings. The topological polar surface area (TPSA) is 99.8 Å². The molecule has 0 atom stereocenters. The van der Waals surface area contributed by atoms with Gasteiger partial charge in [-0.3, -0.25) is 18.6 Å². The molecule has 1 N–H and O–H groups in total. The number of hydrogen-bond acceptors (Lipinski definition) is 7. The van der Waals surface area contributed by atoms with Gasteiger partial charge in [0.15, 0.2) is 16.7 Å². The predicted octanol–water partition coefficient (Wildman–Crippen LogP) is 2.91. The van der Waals surface area contributed by atoms with Crippen molar-refractivity contribution >= 4 is 40.0 Å². The van der Waals surface area contributed by atoms with Gasteiger partial charge in [-0.1, -0.05) is 30.8 Å². The fourth-order valence-electron chi connectivity index (χ4n) is 3.55. The third kappa shape index (κ3) is 3.48. The number of rotatable bonds is 6. The molecule has 1 amide bonds. The van der Waals surface area contributed by atoms with Crippen LogP contribution in [0.4, 0.5) is 5.69 Å². The van der Waals surface area contributed by atoms with Crippen LogP contribution in [0.25, 0.3) is 16.7 Å². The van der Waals surface area contributed by atoms with Crippen LogP contribution in [-0.2, 0) is 11.3 Å². The number of thioether (sulfide) groups is 1. The highest BCUT2D eigenvalue weighted by molar-refractivity contribution is 7.99. The minimum atomic E-state index is -0.188. The molecule has 0 radical (unpaired) electrons. The van der Waals surface area contributed by atoms with E-state index in [2.05, 4.69) is 15.5 Å². The van der Waals surface area contributed by atoms with Crippen molar-refractivity contribution in [3.05, 3.63) is 52.8 Å². The van der Waals surface area contributed by atoms with E-state index in [0.717, 1.165) is 11.9 Å². The largest absolute Gasteiger partial charge is 0.454 e. The number of aryl methyl sites for hydroxylation is 1. The molecule has 2 aromatic heterocycles. The second-order valence-electron chi connectivity index (χ2n) is 7.00. The number of carbonyl (C=O) groups is 1. The number of nitrogens with zero attached hydrogens (tertiary/aromatic N) is 4. The van der Waals surface area contributed by atoms with Crippen molar-refractivity contribution in [3.63, 3.8) is 0 Å². The van der Waals surface area contributed by atoms with E-state index in [4.69, 9.17) is 9.47 Å². The van der Waals surface area contributed by atoms with E-state index in [1.165, 1.54) is 11.8 Å². The maximum absolute atomic E-state index is 12.9. The molecule has 1 aliphatic rings. The summed E-state index contributed by atoms with van der Waals surface area (Å²) in [5.41, 5.74) is 1.26. The first-order valence-corrected chi connectivity index (χ1v) is 10.8. The molecule has 2 aromatic carbocycles. The van der Waals surface area contributed by atoms with Gasteiger partial charge in [0.1, 0.15) is 0 Å². The molecule has 0 fully saturated rings. The minimum absolute atomic E-state index is 0.0885. The third-order valence-electron chi connectivity index (χ3n) is 4.91. The highest BCUT2D eigenvalue weighted by atomic mass is 32.2. The molecule has 0 bridgehead atoms. The van der Waals surface area contributed by atoms with Gasteiger partial charge in [-0.2, -0.15) is 0 Å². The van der Waals surface area contributed by atoms with Crippen molar-refractivity contribution in [2.75, 3.05) is 17.9 Å². The number of anilines is 1. The van der Waals surface area contributed by atoms with Crippen LogP contribution in [-0.4, -0.2) is 37.6 Å². The van der Waals surface area contributed by atoms with E-state index in [1.807, 2.05) is 29.5 Å². The molecule has 10 heteroatoms. The summed E-state index contributed by atoms with van der Waals surface area (Å²) < 4.78 is 14.1. The Morgan fingerprint density at radius 2 is 2.00 bits per heavy atom. The molecule has 0 unspecified atom stereocenters. The number of hydrogen-bond donors (Lipinski definition) is 1. The molecule has 0 aliphatic carbocycles. The standard InChI is InChI=1S/C21H19N5O4S/c1-2-9-25-19(28)14-5-3-4-6-15(14)26-20(25)23-24-21(26)31-11-18(27)22-13-7-8-16-17(10-13)30-12-29-16/h3-8,10H,2,9,11-12H2,1H3,(H,22,27). The zero-order chi connectivity index (χ0) is 21.4. The Bertz CT molecular complexity index is 1360. The summed E-state index contributed by atoms with van der Waals surface area (Å²) in [6.45, 7) is 2.73. The van der Waals surface area contributed by atoms with E-state index in [1.54, 1.807) is 28.8 Å². The maximum Gasteiger partial charge on any atom is 0.262 e. The van der Waals surface area contributed by atoms with E-state index < -0.39 is 0 Å². The van der Waals surface area contributed by atoms with Crippen LogP contribution in [0, 0.1) is 0 Å². The Morgan fingerprint density at radius 3 is 2.87 bits per heavy atom. The average molecular weight is 437 g/mol. The quantitative estimate of drug-likeness (QED) is 0.463. The number of aromatic nitrogens is 4. The zero-order valence-corrected chi connectivity index (χ0v) is 17.5. The van der Waals surface area contributed by atoms with Crippen molar-refractivity contribution in [1.82, 2.24) is 19.2 Å². The summed E-state index contributed by atoms with van der Waals surface area (Å²) in [7, 11) is 0. The van der Waals surface area contributed by atoms with Crippen LogP contribution in [0.3, 0.4) is 0 Å². The number of para-hydroxylation sites is 1. The lowest BCUT2D eigenvalue weighted by molar-refractivity contribution is -0.113. The summed E-state index contributed by atoms with van der Waals surface area (Å²) in [6, 6.07) is 12.6. The lowest BCUT2D eigenvalue weighted by Crippen LogP contribution is -2.23. The Morgan fingerprint density at radius 1 is 1.16 bits per heavy atom. The fraction of sp³-hybridized carbons (Fsp3) is 0.238. The second-order valence-corrected chi connectivity index (χ2v) is 7.94. The number of benzene rings is 2. The molecule has 158 valence electrons. The normalized spacial score (nSPS) is 12.5. The van der Waals surface area contributed by atoms with Gasteiger partial charge in [0, 0.05) is 18.3 Å². The van der Waals surface area contributed by atoms with Crippen molar-refractivity contribution in [2.24, 2.45) is 0 Å². The third-order valence-corrected chi connectivity index (χ3v) is 5.84. The molecule has 3 heterocycles. The van der Waals surface area contributed by atoms with Gasteiger partial charge in [0.05, 0.1) is 16.7 Å². The molecule has 0 spiro atoms. The molecule has 0 saturated heterocycles. The molecular weight excluding hydrogens is 418 g/mol. The van der Waals surface area contributed by atoms with Gasteiger partial charge >= 0.3 is 0 Å². The molecule has 9 nitrogen and oxygen atoms in total. The van der Waals surface area contributed by atoms with Gasteiger partial charge in [-0.15, -0.1) is 10.2 Å². The van der Waals surface area contributed by atoms with Gasteiger partial charge in [-0.05, 0) is 30.7 Å². The second kappa shape index (κ2) is 7.95. The Balaban J connectivity index is 1.42. The van der Waals surface area contributed by atoms with Crippen molar-refractivity contribution < 1.29 is 14.3 Å². The summed E-state index contributed by atoms with van der Waals surface area (Å²) in [4.78, 5) is 25.4. The number of ether oxygens (including phenoxy) is 2. The summed E-state index contributed by atoms with van der Waals surface area (Å²) in [5, 5.41) is 12.5. The Hall–Kier alpha value is -3.53. The van der Waals surface area contributed by atoms with Gasteiger partial charge in [-0.25, -0.2) is 0 Å². The van der Waals surface area contributed by atoms with Crippen LogP contribution in [0.5, 0.6) is 11.5 Å². The first-order chi connectivity index (χ1) is 15.2. The molecular formula is C21H19N5O4S. The minimum Gasteiger partial charge on any atom is -0.454 e. The number of carbonyl (C=O) groups excluding carboxylic acids is 1. The molecule has 1 aliphatic heterocycles. The number of amides is 1. The van der Waals surface area contributed by atoms with Crippen molar-refractivity contribution in [2.45, 2.75) is 25.0 Å². The Kier molecular flexibility index (Phi) is 4.99. The van der Waals surface area contributed by atoms with Crippen LogP contribution >= 0.6 is 11.8 Å². The maximum atomic E-state index is 12.9. The first kappa shape index (κ1) is 19.4. The van der Waals surface area contributed by atoms with E-state index in [9.17, 15) is 9.59 Å². The van der Waals surface area contributed by atoms with Crippen LogP contribution in [0.2, 0.25) is 0 Å². The van der Waals surface area contributed by atoms with Crippen molar-refractivity contribution in [3.8, 4) is 11.5 Å². The van der Waals surface area contributed by atoms with E-state index >= 15 is 0 Å². The fourth-order valence-corrected chi connectivity index (χ4v) is 4.29. The highest BCUT2D eigenvalue weighted by Gasteiger charge is 2.18. The lowest BCUT2D eigenvalue weighted by Gasteiger charge is -2.10. The molecule has 0 saturated carbocycles. The summed E-state index contributed by atoms with van der Waals surface area (Å²) in [5.74, 6) is 1.69. The zero-order valence-electron chi connectivity index (χ0n) is 16.7. The van der Waals surface area contributed by atoms with E-state index in [-0.39, 0.29) is 24.0 Å². The van der Waals surface area contributed by atoms with Crippen molar-refractivity contribution in [1.29, 1.82) is 0 Å². The van der Waals surface area contributed by atoms with Crippen LogP contribution in [0.15, 0.2) is 52.4 Å². The monoisotopic (exact) mass is 437 g/mol. The molecule has 5 rings (SSSR count). The summed E-state index contributed by atoms with van der Waals surface area (Å²) >= 11 is 1.26. The SMILES string of the molecule is CCCn1c(=O)c2ccccc2n2c(SCC(=O)Nc3ccc4c(c3)OCO4)nnc12. The summed E-state index contributed by atoms with van der Waals surface area (Å²) in [6.07, 6.45) is 0.793. The first-order valence-electron chi connectivity index (χ1n) is 9.84. The van der Waals surface area contributed by atoms with Gasteiger partial charge < -0.3 is 14.8 Å². The van der Waals surface area contributed by atoms with Crippen LogP contribution < -0.4 is 20.3 Å². The lowest BCUT2D eigenvalue weighted by atomic mass is 10.2. The predicted molar refractivity (Wildman–Crippen MR) is 117 cm³/mol. The number of nitrogens with one attached hydrogen (secondary N) is 1. The smallest absolute Gasteiger partial charge is 0.262 e. The Labute approximate surface area is 181 Å². The number of fused-ring (bicyclic) bond motifs is 4. The average Bonchev–Trinajstić information content (AvgIpc) is 3.42. The van der Waals surface area contributed by atoms with Gasteiger partial charge in [0.2, 0.25) is 18.5 Å². The molecule has 31 heavy (non-hydrogen) atoms. The van der Waals surface area contributed by atoms with Crippen LogP contribution in [0.1, 0.15) is 13.3 Å². The highest BCUT2D eigenvalue weighted by Crippen LogP contribution is 2.34.